The average Bonchev–Trinajstić information content (AvgIpc) is 2.33. The lowest BCUT2D eigenvalue weighted by Gasteiger charge is -2.12. The van der Waals surface area contributed by atoms with Gasteiger partial charge in [-0.3, -0.25) is 4.79 Å². The zero-order valence-electron chi connectivity index (χ0n) is 11.4. The van der Waals surface area contributed by atoms with Crippen molar-refractivity contribution in [3.8, 4) is 0 Å². The van der Waals surface area contributed by atoms with E-state index in [0.29, 0.717) is 11.0 Å². The molecule has 0 aliphatic carbocycles. The molecule has 1 unspecified atom stereocenters. The maximum atomic E-state index is 11.5. The number of benzene rings is 1. The van der Waals surface area contributed by atoms with Crippen molar-refractivity contribution >= 4 is 35.1 Å². The van der Waals surface area contributed by atoms with Gasteiger partial charge in [-0.05, 0) is 43.4 Å². The molecule has 18 heavy (non-hydrogen) atoms. The van der Waals surface area contributed by atoms with Crippen LogP contribution in [0.2, 0.25) is 0 Å². The summed E-state index contributed by atoms with van der Waals surface area (Å²) in [6.45, 7) is 6.46. The third-order valence-corrected chi connectivity index (χ3v) is 4.47. The molecular formula is C14H21NOS2. The van der Waals surface area contributed by atoms with E-state index < -0.39 is 0 Å². The Hall–Kier alpha value is -0.610. The smallest absolute Gasteiger partial charge is 0.234 e. The Morgan fingerprint density at radius 2 is 2.17 bits per heavy atom. The first-order chi connectivity index (χ1) is 8.56. The van der Waals surface area contributed by atoms with Crippen LogP contribution in [0.4, 0.5) is 5.69 Å². The minimum Gasteiger partial charge on any atom is -0.325 e. The molecule has 0 saturated heterocycles. The lowest BCUT2D eigenvalue weighted by Crippen LogP contribution is -2.14. The van der Waals surface area contributed by atoms with Crippen molar-refractivity contribution in [1.82, 2.24) is 0 Å². The predicted molar refractivity (Wildman–Crippen MR) is 83.8 cm³/mol. The molecule has 100 valence electrons. The second-order valence-corrected chi connectivity index (χ2v) is 6.67. The zero-order chi connectivity index (χ0) is 13.5. The highest BCUT2D eigenvalue weighted by molar-refractivity contribution is 8.00. The average molecular weight is 283 g/mol. The fraction of sp³-hybridized carbons (Fsp3) is 0.500. The fourth-order valence-electron chi connectivity index (χ4n) is 1.48. The fourth-order valence-corrected chi connectivity index (χ4v) is 2.84. The van der Waals surface area contributed by atoms with Crippen LogP contribution in [0.5, 0.6) is 0 Å². The molecule has 0 heterocycles. The highest BCUT2D eigenvalue weighted by atomic mass is 32.2. The van der Waals surface area contributed by atoms with Crippen LogP contribution >= 0.6 is 23.5 Å². The summed E-state index contributed by atoms with van der Waals surface area (Å²) in [6, 6.07) is 6.22. The van der Waals surface area contributed by atoms with Gasteiger partial charge < -0.3 is 5.32 Å². The van der Waals surface area contributed by atoms with Crippen molar-refractivity contribution in [3.05, 3.63) is 23.8 Å². The predicted octanol–water partition coefficient (Wildman–Crippen LogP) is 4.19. The highest BCUT2D eigenvalue weighted by Crippen LogP contribution is 2.28. The number of carbonyl (C=O) groups excluding carboxylic acids is 1. The van der Waals surface area contributed by atoms with Crippen molar-refractivity contribution in [2.24, 2.45) is 0 Å². The summed E-state index contributed by atoms with van der Waals surface area (Å²) in [5, 5.41) is 3.56. The number of anilines is 1. The SMILES string of the molecule is CCC(C)Sc1ccc(NC(=O)CSC)c(C)c1. The van der Waals surface area contributed by atoms with Gasteiger partial charge in [0.25, 0.3) is 0 Å². The standard InChI is InChI=1S/C14H21NOS2/c1-5-11(3)18-12-6-7-13(10(2)8-12)15-14(16)9-17-4/h6-8,11H,5,9H2,1-4H3,(H,15,16). The molecule has 1 atom stereocenters. The van der Waals surface area contributed by atoms with E-state index in [1.807, 2.05) is 31.0 Å². The molecule has 4 heteroatoms. The molecule has 0 fully saturated rings. The number of hydrogen-bond donors (Lipinski definition) is 1. The maximum Gasteiger partial charge on any atom is 0.234 e. The molecule has 0 spiro atoms. The topological polar surface area (TPSA) is 29.1 Å². The minimum atomic E-state index is 0.0629. The molecule has 0 saturated carbocycles. The Morgan fingerprint density at radius 1 is 1.44 bits per heavy atom. The number of nitrogens with one attached hydrogen (secondary N) is 1. The first kappa shape index (κ1) is 15.4. The van der Waals surface area contributed by atoms with Crippen molar-refractivity contribution in [2.45, 2.75) is 37.3 Å². The van der Waals surface area contributed by atoms with Crippen LogP contribution < -0.4 is 5.32 Å². The zero-order valence-corrected chi connectivity index (χ0v) is 13.1. The lowest BCUT2D eigenvalue weighted by atomic mass is 10.2. The van der Waals surface area contributed by atoms with Crippen molar-refractivity contribution in [1.29, 1.82) is 0 Å². The summed E-state index contributed by atoms with van der Waals surface area (Å²) >= 11 is 3.41. The Kier molecular flexibility index (Phi) is 6.65. The van der Waals surface area contributed by atoms with Gasteiger partial charge in [-0.1, -0.05) is 13.8 Å². The van der Waals surface area contributed by atoms with E-state index in [9.17, 15) is 4.79 Å². The summed E-state index contributed by atoms with van der Waals surface area (Å²) in [4.78, 5) is 12.8. The molecule has 0 aromatic heterocycles. The van der Waals surface area contributed by atoms with Gasteiger partial charge in [-0.2, -0.15) is 11.8 Å². The Labute approximate surface area is 118 Å². The van der Waals surface area contributed by atoms with Crippen LogP contribution in [0, 0.1) is 6.92 Å². The number of rotatable bonds is 6. The first-order valence-electron chi connectivity index (χ1n) is 6.13. The monoisotopic (exact) mass is 283 g/mol. The van der Waals surface area contributed by atoms with E-state index in [-0.39, 0.29) is 5.91 Å². The number of thioether (sulfide) groups is 2. The largest absolute Gasteiger partial charge is 0.325 e. The van der Waals surface area contributed by atoms with Gasteiger partial charge in [-0.25, -0.2) is 0 Å². The van der Waals surface area contributed by atoms with Crippen LogP contribution in [0.1, 0.15) is 25.8 Å². The van der Waals surface area contributed by atoms with Gasteiger partial charge in [-0.15, -0.1) is 11.8 Å². The number of carbonyl (C=O) groups is 1. The molecule has 2 nitrogen and oxygen atoms in total. The van der Waals surface area contributed by atoms with Crippen LogP contribution in [0.25, 0.3) is 0 Å². The van der Waals surface area contributed by atoms with E-state index >= 15 is 0 Å². The maximum absolute atomic E-state index is 11.5. The van der Waals surface area contributed by atoms with E-state index in [0.717, 1.165) is 17.7 Å². The molecule has 1 N–H and O–H groups in total. The van der Waals surface area contributed by atoms with Crippen molar-refractivity contribution in [3.63, 3.8) is 0 Å². The summed E-state index contributed by atoms with van der Waals surface area (Å²) < 4.78 is 0. The first-order valence-corrected chi connectivity index (χ1v) is 8.40. The van der Waals surface area contributed by atoms with Crippen molar-refractivity contribution in [2.75, 3.05) is 17.3 Å². The van der Waals surface area contributed by atoms with Crippen LogP contribution in [0.3, 0.4) is 0 Å². The van der Waals surface area contributed by atoms with Crippen molar-refractivity contribution < 1.29 is 4.79 Å². The summed E-state index contributed by atoms with van der Waals surface area (Å²) in [5.41, 5.74) is 2.04. The summed E-state index contributed by atoms with van der Waals surface area (Å²) in [7, 11) is 0. The van der Waals surface area contributed by atoms with Gasteiger partial charge in [0.1, 0.15) is 0 Å². The number of aryl methyl sites for hydroxylation is 1. The second-order valence-electron chi connectivity index (χ2n) is 4.29. The Morgan fingerprint density at radius 3 is 2.72 bits per heavy atom. The van der Waals surface area contributed by atoms with E-state index in [4.69, 9.17) is 0 Å². The molecule has 0 aliphatic rings. The molecule has 1 amide bonds. The molecular weight excluding hydrogens is 262 g/mol. The lowest BCUT2D eigenvalue weighted by molar-refractivity contribution is -0.113. The van der Waals surface area contributed by atoms with E-state index in [1.54, 1.807) is 0 Å². The Balaban J connectivity index is 2.70. The molecule has 1 aromatic carbocycles. The normalized spacial score (nSPS) is 12.2. The molecule has 0 bridgehead atoms. The van der Waals surface area contributed by atoms with Crippen LogP contribution in [-0.2, 0) is 4.79 Å². The number of hydrogen-bond acceptors (Lipinski definition) is 3. The summed E-state index contributed by atoms with van der Waals surface area (Å²) in [6.07, 6.45) is 3.09. The molecule has 0 aliphatic heterocycles. The van der Waals surface area contributed by atoms with E-state index in [1.165, 1.54) is 16.7 Å². The van der Waals surface area contributed by atoms with Gasteiger partial charge in [0.05, 0.1) is 5.75 Å². The van der Waals surface area contributed by atoms with Gasteiger partial charge in [0.2, 0.25) is 5.91 Å². The quantitative estimate of drug-likeness (QED) is 0.794. The molecule has 1 rings (SSSR count). The Bertz CT molecular complexity index is 407. The van der Waals surface area contributed by atoms with Crippen LogP contribution in [-0.4, -0.2) is 23.2 Å². The summed E-state index contributed by atoms with van der Waals surface area (Å²) in [5.74, 6) is 0.566. The van der Waals surface area contributed by atoms with Gasteiger partial charge in [0, 0.05) is 15.8 Å². The highest BCUT2D eigenvalue weighted by Gasteiger charge is 2.06. The third kappa shape index (κ3) is 4.94. The van der Waals surface area contributed by atoms with E-state index in [2.05, 4.69) is 31.3 Å². The van der Waals surface area contributed by atoms with Gasteiger partial charge >= 0.3 is 0 Å². The van der Waals surface area contributed by atoms with Crippen LogP contribution in [0.15, 0.2) is 23.1 Å². The second kappa shape index (κ2) is 7.74. The third-order valence-electron chi connectivity index (χ3n) is 2.66. The molecule has 1 aromatic rings. The molecule has 0 radical (unpaired) electrons. The van der Waals surface area contributed by atoms with Gasteiger partial charge in [0.15, 0.2) is 0 Å². The minimum absolute atomic E-state index is 0.0629. The number of amides is 1.